The number of aromatic amines is 2. The zero-order chi connectivity index (χ0) is 50.9. The molecule has 11 rings (SSSR count). The molecule has 8 heterocycles. The van der Waals surface area contributed by atoms with Crippen LogP contribution in [0.25, 0.3) is 44.7 Å². The molecule has 3 saturated heterocycles. The van der Waals surface area contributed by atoms with E-state index in [1.165, 1.54) is 31.9 Å². The van der Waals surface area contributed by atoms with Crippen LogP contribution in [-0.2, 0) is 23.8 Å². The highest BCUT2D eigenvalue weighted by Gasteiger charge is 2.44. The van der Waals surface area contributed by atoms with Gasteiger partial charge in [0.1, 0.15) is 29.5 Å². The fourth-order valence-electron chi connectivity index (χ4n) is 11.7. The van der Waals surface area contributed by atoms with Crippen LogP contribution in [0.5, 0.6) is 5.75 Å². The zero-order valence-electron chi connectivity index (χ0n) is 42.6. The van der Waals surface area contributed by atoms with Crippen molar-refractivity contribution in [2.45, 2.75) is 128 Å². The topological polar surface area (TPSA) is 198 Å². The molecule has 6 atom stereocenters. The van der Waals surface area contributed by atoms with Gasteiger partial charge in [-0.2, -0.15) is 0 Å². The van der Waals surface area contributed by atoms with Crippen molar-refractivity contribution in [3.05, 3.63) is 87.9 Å². The number of amides is 4. The number of aryl methyl sites for hydroxylation is 1. The predicted octanol–water partition coefficient (Wildman–Crippen LogP) is 9.91. The summed E-state index contributed by atoms with van der Waals surface area (Å²) in [6.45, 7) is 11.6. The molecule has 0 bridgehead atoms. The van der Waals surface area contributed by atoms with Gasteiger partial charge >= 0.3 is 12.2 Å². The molecule has 1 saturated carbocycles. The van der Waals surface area contributed by atoms with Crippen molar-refractivity contribution < 1.29 is 38.1 Å². The van der Waals surface area contributed by atoms with Crippen molar-refractivity contribution >= 4 is 46.2 Å². The van der Waals surface area contributed by atoms with Crippen LogP contribution >= 0.6 is 11.3 Å². The van der Waals surface area contributed by atoms with Gasteiger partial charge in [0.2, 0.25) is 18.0 Å². The first-order valence-corrected chi connectivity index (χ1v) is 26.6. The highest BCUT2D eigenvalue weighted by atomic mass is 32.1. The molecule has 3 unspecified atom stereocenters. The number of hydrogen-bond donors (Lipinski definition) is 4. The van der Waals surface area contributed by atoms with Gasteiger partial charge < -0.3 is 49.3 Å². The molecule has 0 spiro atoms. The van der Waals surface area contributed by atoms with Gasteiger partial charge in [-0.3, -0.25) is 14.2 Å². The molecule has 4 N–H and O–H groups in total. The number of carbonyl (C=O) groups is 4. The third-order valence-electron chi connectivity index (χ3n) is 15.6. The van der Waals surface area contributed by atoms with E-state index in [1.807, 2.05) is 61.2 Å². The van der Waals surface area contributed by atoms with E-state index in [-0.39, 0.29) is 35.7 Å². The number of nitrogens with one attached hydrogen (secondary N) is 4. The summed E-state index contributed by atoms with van der Waals surface area (Å²) < 4.78 is 25.3. The number of thiophene rings is 1. The Labute approximate surface area is 428 Å². The third-order valence-corrected chi connectivity index (χ3v) is 16.9. The Bertz CT molecular complexity index is 3090. The molecule has 1 aliphatic carbocycles. The Morgan fingerprint density at radius 2 is 1.45 bits per heavy atom. The van der Waals surface area contributed by atoms with Gasteiger partial charge in [0.25, 0.3) is 0 Å². The zero-order valence-corrected chi connectivity index (χ0v) is 43.4. The van der Waals surface area contributed by atoms with Gasteiger partial charge in [0.15, 0.2) is 0 Å². The summed E-state index contributed by atoms with van der Waals surface area (Å²) in [6, 6.07) is 15.5. The number of fused-ring (bicyclic) bond motifs is 5. The van der Waals surface area contributed by atoms with Crippen molar-refractivity contribution in [3.63, 3.8) is 0 Å². The van der Waals surface area contributed by atoms with Crippen LogP contribution in [0.4, 0.5) is 9.59 Å². The summed E-state index contributed by atoms with van der Waals surface area (Å²) in [7, 11) is 2.62. The number of methoxy groups -OCH3 is 2. The number of nitrogens with zero attached hydrogens (tertiary/aromatic N) is 5. The SMILES string of the molecule is COC(=O)NC(C(=O)N1CCC[C@H]1c1ncc(-c2ccc3c(c2)cc2n3C(c3ccc(C4CC4)s3)Oc3cc(-c4cnc([C@@H]5CCCN5C(=O)[C@@H](NC(=O)OC)C(C)C)[nH]4)cc(C)c3-2)[nH]1)C1CCOC(C)(C)C1. The van der Waals surface area contributed by atoms with Crippen molar-refractivity contribution in [3.8, 4) is 39.5 Å². The number of H-pyrrole nitrogens is 2. The normalized spacial score (nSPS) is 22.1. The average molecular weight is 1010 g/mol. The Morgan fingerprint density at radius 3 is 2.11 bits per heavy atom. The summed E-state index contributed by atoms with van der Waals surface area (Å²) in [5.41, 5.74) is 7.31. The largest absolute Gasteiger partial charge is 0.464 e. The van der Waals surface area contributed by atoms with Crippen LogP contribution < -0.4 is 15.4 Å². The number of carbonyl (C=O) groups excluding carboxylic acids is 4. The Kier molecular flexibility index (Phi) is 12.9. The minimum atomic E-state index is -0.746. The first-order valence-electron chi connectivity index (χ1n) is 25.8. The summed E-state index contributed by atoms with van der Waals surface area (Å²) in [6.07, 6.45) is 8.88. The van der Waals surface area contributed by atoms with Gasteiger partial charge in [-0.1, -0.05) is 19.9 Å². The van der Waals surface area contributed by atoms with Gasteiger partial charge in [-0.25, -0.2) is 19.6 Å². The molecule has 0 radical (unpaired) electrons. The van der Waals surface area contributed by atoms with Crippen LogP contribution in [0.3, 0.4) is 0 Å². The number of rotatable bonds is 12. The molecular weight excluding hydrogens is 947 g/mol. The van der Waals surface area contributed by atoms with Crippen molar-refractivity contribution in [1.82, 2.24) is 44.9 Å². The fourth-order valence-corrected chi connectivity index (χ4v) is 13.0. The second-order valence-electron chi connectivity index (χ2n) is 21.4. The van der Waals surface area contributed by atoms with Crippen LogP contribution in [0.2, 0.25) is 0 Å². The number of benzene rings is 2. The summed E-state index contributed by atoms with van der Waals surface area (Å²) >= 11 is 1.83. The second-order valence-corrected chi connectivity index (χ2v) is 22.5. The molecule has 4 aliphatic heterocycles. The Hall–Kier alpha value is -6.66. The van der Waals surface area contributed by atoms with E-state index in [0.717, 1.165) is 86.5 Å². The minimum absolute atomic E-state index is 0.104. The number of ether oxygens (including phenoxy) is 4. The highest BCUT2D eigenvalue weighted by molar-refractivity contribution is 7.12. The quantitative estimate of drug-likeness (QED) is 0.0915. The number of likely N-dealkylation sites (tertiary alicyclic amines) is 2. The van der Waals surface area contributed by atoms with Crippen molar-refractivity contribution in [2.75, 3.05) is 33.9 Å². The lowest BCUT2D eigenvalue weighted by molar-refractivity contribution is -0.139. The van der Waals surface area contributed by atoms with Gasteiger partial charge in [0.05, 0.1) is 71.8 Å². The third kappa shape index (κ3) is 9.25. The van der Waals surface area contributed by atoms with Crippen molar-refractivity contribution in [2.24, 2.45) is 11.8 Å². The molecule has 384 valence electrons. The molecule has 4 aromatic heterocycles. The maximum Gasteiger partial charge on any atom is 0.407 e. The smallest absolute Gasteiger partial charge is 0.407 e. The summed E-state index contributed by atoms with van der Waals surface area (Å²) in [5, 5.41) is 6.67. The number of alkyl carbamates (subject to hydrolysis) is 2. The maximum absolute atomic E-state index is 14.5. The van der Waals surface area contributed by atoms with E-state index >= 15 is 0 Å². The van der Waals surface area contributed by atoms with E-state index in [2.05, 4.69) is 80.6 Å². The standard InChI is InChI=1S/C55H65N9O8S/c1-29(2)46(60-53(67)69-6)50(65)62-19-8-10-39(62)49-57-28-37(59-49)34-22-30(3)45-41-24-35-23-32(14-15-38(35)64(41)52(72-42(45)25-34)44-17-16-43(73-44)31-12-13-31)36-27-56-48(58-36)40-11-9-20-63(40)51(66)47(61-54(68)70-7)33-18-21-71-55(4,5)26-33/h14-17,22-25,27-29,31,33,39-40,46-47,52H,8-13,18-21,26H2,1-7H3,(H,56,58)(H,57,59)(H,60,67)(H,61,68)/t33?,39-,40-,46-,47?,52?/m0/s1. The van der Waals surface area contributed by atoms with Crippen LogP contribution in [0.1, 0.15) is 130 Å². The van der Waals surface area contributed by atoms with E-state index in [1.54, 1.807) is 0 Å². The second kappa shape index (κ2) is 19.3. The molecule has 17 nitrogen and oxygen atoms in total. The molecular formula is C55H65N9O8S. The summed E-state index contributed by atoms with van der Waals surface area (Å²) in [4.78, 5) is 76.3. The van der Waals surface area contributed by atoms with E-state index in [9.17, 15) is 19.2 Å². The molecule has 5 aliphatic rings. The first kappa shape index (κ1) is 48.6. The summed E-state index contributed by atoms with van der Waals surface area (Å²) in [5.74, 6) is 2.28. The highest BCUT2D eigenvalue weighted by Crippen LogP contribution is 2.51. The number of hydrogen-bond acceptors (Lipinski definition) is 11. The molecule has 73 heavy (non-hydrogen) atoms. The van der Waals surface area contributed by atoms with Crippen LogP contribution in [0, 0.1) is 18.8 Å². The number of aromatic nitrogens is 5. The lowest BCUT2D eigenvalue weighted by Gasteiger charge is -2.40. The molecule has 4 fully saturated rings. The molecule has 18 heteroatoms. The van der Waals surface area contributed by atoms with E-state index in [4.69, 9.17) is 28.9 Å². The van der Waals surface area contributed by atoms with E-state index in [0.29, 0.717) is 50.1 Å². The fraction of sp³-hybridized carbons (Fsp3) is 0.491. The average Bonchev–Trinajstić information content (AvgIpc) is 4.11. The van der Waals surface area contributed by atoms with Crippen LogP contribution in [-0.4, -0.2) is 110 Å². The Balaban J connectivity index is 0.893. The maximum atomic E-state index is 14.5. The Morgan fingerprint density at radius 1 is 0.795 bits per heavy atom. The van der Waals surface area contributed by atoms with Gasteiger partial charge in [-0.05, 0) is 138 Å². The van der Waals surface area contributed by atoms with Gasteiger partial charge in [-0.15, -0.1) is 11.3 Å². The molecule has 2 aromatic carbocycles. The molecule has 6 aromatic rings. The van der Waals surface area contributed by atoms with E-state index < -0.39 is 36.1 Å². The molecule has 4 amide bonds. The van der Waals surface area contributed by atoms with Gasteiger partial charge in [0, 0.05) is 46.7 Å². The first-order chi connectivity index (χ1) is 35.2. The lowest BCUT2D eigenvalue weighted by Crippen LogP contribution is -2.54. The van der Waals surface area contributed by atoms with Crippen molar-refractivity contribution in [1.29, 1.82) is 0 Å². The van der Waals surface area contributed by atoms with Crippen LogP contribution in [0.15, 0.2) is 60.9 Å². The monoisotopic (exact) mass is 1010 g/mol. The predicted molar refractivity (Wildman–Crippen MR) is 276 cm³/mol. The minimum Gasteiger partial charge on any atom is -0.464 e. The lowest BCUT2D eigenvalue weighted by atomic mass is 9.82. The number of imidazole rings is 2.